The lowest BCUT2D eigenvalue weighted by atomic mass is 10.4. The molecule has 0 aromatic rings. The molecule has 1 saturated heterocycles. The molecule has 0 aromatic carbocycles. The van der Waals surface area contributed by atoms with Crippen LogP contribution in [0.15, 0.2) is 0 Å². The molecule has 0 saturated carbocycles. The van der Waals surface area contributed by atoms with Gasteiger partial charge in [-0.05, 0) is 19.5 Å². The lowest BCUT2D eigenvalue weighted by molar-refractivity contribution is 0.259. The normalized spacial score (nSPS) is 19.2. The number of rotatable bonds is 8. The van der Waals surface area contributed by atoms with Gasteiger partial charge < -0.3 is 5.32 Å². The maximum atomic E-state index is 12.4. The van der Waals surface area contributed by atoms with Crippen LogP contribution in [0.1, 0.15) is 13.3 Å². The predicted octanol–water partition coefficient (Wildman–Crippen LogP) is -1.26. The second-order valence-corrected chi connectivity index (χ2v) is 9.12. The molecule has 0 spiro atoms. The van der Waals surface area contributed by atoms with Crippen molar-refractivity contribution in [2.75, 3.05) is 59.1 Å². The zero-order chi connectivity index (χ0) is 16.1. The average molecular weight is 342 g/mol. The Balaban J connectivity index is 2.52. The van der Waals surface area contributed by atoms with Crippen LogP contribution in [0.4, 0.5) is 0 Å². The Morgan fingerprint density at radius 3 is 2.05 bits per heavy atom. The van der Waals surface area contributed by atoms with Gasteiger partial charge in [-0.25, -0.2) is 8.42 Å². The Morgan fingerprint density at radius 2 is 1.57 bits per heavy atom. The summed E-state index contributed by atoms with van der Waals surface area (Å²) >= 11 is 0. The van der Waals surface area contributed by atoms with E-state index in [2.05, 4.69) is 5.32 Å². The number of hydrogen-bond acceptors (Lipinski definition) is 5. The highest BCUT2D eigenvalue weighted by molar-refractivity contribution is 7.88. The second-order valence-electron chi connectivity index (χ2n) is 5.10. The van der Waals surface area contributed by atoms with Crippen LogP contribution in [0, 0.1) is 0 Å². The fourth-order valence-corrected chi connectivity index (χ4v) is 4.35. The van der Waals surface area contributed by atoms with E-state index < -0.39 is 20.2 Å². The lowest BCUT2D eigenvalue weighted by Gasteiger charge is -2.34. The Morgan fingerprint density at radius 1 is 1.05 bits per heavy atom. The first-order valence-electron chi connectivity index (χ1n) is 7.07. The lowest BCUT2D eigenvalue weighted by Crippen LogP contribution is -2.53. The zero-order valence-electron chi connectivity index (χ0n) is 12.9. The summed E-state index contributed by atoms with van der Waals surface area (Å²) in [4.78, 5) is 0. The first-order valence-corrected chi connectivity index (χ1v) is 10.3. The topological polar surface area (TPSA) is 90.0 Å². The molecule has 0 bridgehead atoms. The van der Waals surface area contributed by atoms with Crippen molar-refractivity contribution in [3.8, 4) is 0 Å². The minimum absolute atomic E-state index is 0.201. The van der Waals surface area contributed by atoms with Crippen LogP contribution in [0.25, 0.3) is 0 Å². The Bertz CT molecular complexity index is 512. The van der Waals surface area contributed by atoms with Crippen molar-refractivity contribution in [2.24, 2.45) is 0 Å². The summed E-state index contributed by atoms with van der Waals surface area (Å²) in [6.45, 7) is 4.91. The van der Waals surface area contributed by atoms with Crippen molar-refractivity contribution in [1.29, 1.82) is 0 Å². The molecule has 10 heteroatoms. The Labute approximate surface area is 128 Å². The summed E-state index contributed by atoms with van der Waals surface area (Å²) < 4.78 is 51.6. The zero-order valence-corrected chi connectivity index (χ0v) is 14.6. The number of hydrogen-bond donors (Lipinski definition) is 1. The van der Waals surface area contributed by atoms with Crippen LogP contribution in [-0.2, 0) is 20.2 Å². The highest BCUT2D eigenvalue weighted by atomic mass is 32.2. The molecule has 1 heterocycles. The fraction of sp³-hybridized carbons (Fsp3) is 1.00. The third-order valence-electron chi connectivity index (χ3n) is 3.46. The number of piperazine rings is 1. The molecule has 0 amide bonds. The molecule has 126 valence electrons. The average Bonchev–Trinajstić information content (AvgIpc) is 2.42. The summed E-state index contributed by atoms with van der Waals surface area (Å²) in [5.41, 5.74) is 0. The van der Waals surface area contributed by atoms with Gasteiger partial charge >= 0.3 is 0 Å². The third kappa shape index (κ3) is 5.46. The number of nitrogens with zero attached hydrogens (tertiary/aromatic N) is 3. The van der Waals surface area contributed by atoms with Gasteiger partial charge in [-0.15, -0.1) is 0 Å². The quantitative estimate of drug-likeness (QED) is 0.556. The maximum absolute atomic E-state index is 12.4. The molecular weight excluding hydrogens is 316 g/mol. The molecule has 0 atom stereocenters. The van der Waals surface area contributed by atoms with E-state index in [-0.39, 0.29) is 26.2 Å². The molecule has 0 radical (unpaired) electrons. The molecule has 1 rings (SSSR count). The molecule has 1 N–H and O–H groups in total. The van der Waals surface area contributed by atoms with E-state index >= 15 is 0 Å². The van der Waals surface area contributed by atoms with Gasteiger partial charge in [0.25, 0.3) is 10.2 Å². The molecule has 21 heavy (non-hydrogen) atoms. The molecule has 0 unspecified atom stereocenters. The smallest absolute Gasteiger partial charge is 0.281 e. The van der Waals surface area contributed by atoms with E-state index in [1.54, 1.807) is 7.05 Å². The highest BCUT2D eigenvalue weighted by Gasteiger charge is 2.32. The van der Waals surface area contributed by atoms with Gasteiger partial charge in [0.05, 0.1) is 6.26 Å². The van der Waals surface area contributed by atoms with E-state index in [0.717, 1.165) is 25.8 Å². The molecule has 0 aromatic heterocycles. The fourth-order valence-electron chi connectivity index (χ4n) is 2.15. The van der Waals surface area contributed by atoms with E-state index in [1.807, 2.05) is 6.92 Å². The van der Waals surface area contributed by atoms with Crippen LogP contribution in [0.5, 0.6) is 0 Å². The van der Waals surface area contributed by atoms with Gasteiger partial charge in [0.1, 0.15) is 0 Å². The van der Waals surface area contributed by atoms with Crippen LogP contribution < -0.4 is 5.32 Å². The van der Waals surface area contributed by atoms with Crippen molar-refractivity contribution >= 4 is 20.2 Å². The molecule has 1 fully saturated rings. The van der Waals surface area contributed by atoms with E-state index in [4.69, 9.17) is 0 Å². The van der Waals surface area contributed by atoms with Gasteiger partial charge in [-0.3, -0.25) is 0 Å². The summed E-state index contributed by atoms with van der Waals surface area (Å²) in [6, 6.07) is 0. The van der Waals surface area contributed by atoms with Gasteiger partial charge in [0, 0.05) is 39.8 Å². The first kappa shape index (κ1) is 18.8. The van der Waals surface area contributed by atoms with Crippen molar-refractivity contribution in [1.82, 2.24) is 18.2 Å². The van der Waals surface area contributed by atoms with Gasteiger partial charge in [0.15, 0.2) is 0 Å². The highest BCUT2D eigenvalue weighted by Crippen LogP contribution is 2.12. The second kappa shape index (κ2) is 7.84. The minimum atomic E-state index is -3.50. The molecular formula is C11H26N4O4S2. The summed E-state index contributed by atoms with van der Waals surface area (Å²) in [6.07, 6.45) is 1.89. The Kier molecular flexibility index (Phi) is 7.01. The monoisotopic (exact) mass is 342 g/mol. The molecule has 8 nitrogen and oxygen atoms in total. The van der Waals surface area contributed by atoms with Gasteiger partial charge in [-0.1, -0.05) is 6.92 Å². The van der Waals surface area contributed by atoms with E-state index in [0.29, 0.717) is 6.54 Å². The SMILES string of the molecule is CCNCCCN(C)S(=O)(=O)N1CCN(S(C)(=O)=O)CC1. The summed E-state index contributed by atoms with van der Waals surface area (Å²) in [5.74, 6) is 0. The third-order valence-corrected chi connectivity index (χ3v) is 6.75. The van der Waals surface area contributed by atoms with Crippen LogP contribution in [-0.4, -0.2) is 88.9 Å². The van der Waals surface area contributed by atoms with Gasteiger partial charge in [-0.2, -0.15) is 21.3 Å². The van der Waals surface area contributed by atoms with Gasteiger partial charge in [0.2, 0.25) is 10.0 Å². The van der Waals surface area contributed by atoms with Crippen molar-refractivity contribution in [2.45, 2.75) is 13.3 Å². The summed E-state index contributed by atoms with van der Waals surface area (Å²) in [7, 11) is -5.19. The van der Waals surface area contributed by atoms with Crippen molar-refractivity contribution in [3.05, 3.63) is 0 Å². The van der Waals surface area contributed by atoms with E-state index in [9.17, 15) is 16.8 Å². The van der Waals surface area contributed by atoms with Crippen LogP contribution >= 0.6 is 0 Å². The van der Waals surface area contributed by atoms with Crippen molar-refractivity contribution < 1.29 is 16.8 Å². The van der Waals surface area contributed by atoms with E-state index in [1.165, 1.54) is 12.9 Å². The van der Waals surface area contributed by atoms with Crippen LogP contribution in [0.2, 0.25) is 0 Å². The standard InChI is InChI=1S/C11H26N4O4S2/c1-4-12-6-5-7-13(2)21(18,19)15-10-8-14(9-11-15)20(3,16)17/h12H,4-11H2,1-3H3. The Hall–Kier alpha value is -0.260. The van der Waals surface area contributed by atoms with Crippen molar-refractivity contribution in [3.63, 3.8) is 0 Å². The number of nitrogens with one attached hydrogen (secondary N) is 1. The first-order chi connectivity index (χ1) is 9.69. The molecule has 1 aliphatic rings. The predicted molar refractivity (Wildman–Crippen MR) is 82.7 cm³/mol. The van der Waals surface area contributed by atoms with Crippen LogP contribution in [0.3, 0.4) is 0 Å². The maximum Gasteiger partial charge on any atom is 0.281 e. The largest absolute Gasteiger partial charge is 0.317 e. The molecule has 1 aliphatic heterocycles. The number of sulfonamides is 1. The summed E-state index contributed by atoms with van der Waals surface area (Å²) in [5, 5.41) is 3.15. The minimum Gasteiger partial charge on any atom is -0.317 e. The molecule has 0 aliphatic carbocycles.